The van der Waals surface area contributed by atoms with Crippen LogP contribution in [-0.2, 0) is 20.7 Å². The molecule has 2 aromatic rings. The molecule has 0 aromatic heterocycles. The Labute approximate surface area is 165 Å². The van der Waals surface area contributed by atoms with Gasteiger partial charge in [0.1, 0.15) is 0 Å². The van der Waals surface area contributed by atoms with Gasteiger partial charge in [0.25, 0.3) is 5.91 Å². The van der Waals surface area contributed by atoms with Gasteiger partial charge in [-0.15, -0.1) is 0 Å². The number of aryl methyl sites for hydroxylation is 2. The van der Waals surface area contributed by atoms with E-state index in [1.807, 2.05) is 45.0 Å². The highest BCUT2D eigenvalue weighted by atomic mass is 16.6. The van der Waals surface area contributed by atoms with Crippen molar-refractivity contribution in [1.29, 1.82) is 0 Å². The second kappa shape index (κ2) is 11.0. The normalized spacial score (nSPS) is 10.2. The molecule has 2 rings (SSSR count). The largest absolute Gasteiger partial charge is 0.490 e. The summed E-state index contributed by atoms with van der Waals surface area (Å²) in [5.41, 5.74) is 2.77. The monoisotopic (exact) mass is 385 g/mol. The van der Waals surface area contributed by atoms with Gasteiger partial charge in [0.2, 0.25) is 0 Å². The van der Waals surface area contributed by atoms with E-state index in [2.05, 4.69) is 5.32 Å². The first-order valence-corrected chi connectivity index (χ1v) is 9.43. The average molecular weight is 385 g/mol. The Morgan fingerprint density at radius 3 is 2.32 bits per heavy atom. The molecule has 0 fully saturated rings. The third-order valence-corrected chi connectivity index (χ3v) is 4.03. The third kappa shape index (κ3) is 6.30. The summed E-state index contributed by atoms with van der Waals surface area (Å²) in [6.07, 6.45) is 1.66. The third-order valence-electron chi connectivity index (χ3n) is 4.03. The molecule has 0 unspecified atom stereocenters. The molecular formula is C22H27NO5. The molecule has 0 heterocycles. The van der Waals surface area contributed by atoms with Crippen molar-refractivity contribution in [3.63, 3.8) is 0 Å². The van der Waals surface area contributed by atoms with Crippen molar-refractivity contribution in [3.8, 4) is 11.5 Å². The molecule has 0 spiro atoms. The molecule has 1 N–H and O–H groups in total. The lowest BCUT2D eigenvalue weighted by Gasteiger charge is -2.13. The predicted molar refractivity (Wildman–Crippen MR) is 108 cm³/mol. The van der Waals surface area contributed by atoms with E-state index in [4.69, 9.17) is 14.2 Å². The van der Waals surface area contributed by atoms with Crippen LogP contribution in [0, 0.1) is 6.92 Å². The molecule has 6 nitrogen and oxygen atoms in total. The number of para-hydroxylation sites is 3. The van der Waals surface area contributed by atoms with E-state index in [0.29, 0.717) is 18.1 Å². The molecule has 2 aromatic carbocycles. The molecule has 0 aliphatic rings. The van der Waals surface area contributed by atoms with Crippen LogP contribution in [0.3, 0.4) is 0 Å². The van der Waals surface area contributed by atoms with E-state index in [1.54, 1.807) is 18.2 Å². The molecule has 0 bridgehead atoms. The average Bonchev–Trinajstić information content (AvgIpc) is 2.71. The van der Waals surface area contributed by atoms with Crippen LogP contribution in [-0.4, -0.2) is 31.7 Å². The Balaban J connectivity index is 1.82. The lowest BCUT2D eigenvalue weighted by atomic mass is 10.1. The zero-order valence-electron chi connectivity index (χ0n) is 16.6. The lowest BCUT2D eigenvalue weighted by molar-refractivity contribution is -0.149. The first-order valence-electron chi connectivity index (χ1n) is 9.43. The summed E-state index contributed by atoms with van der Waals surface area (Å²) in [4.78, 5) is 24.1. The van der Waals surface area contributed by atoms with Gasteiger partial charge >= 0.3 is 5.97 Å². The summed E-state index contributed by atoms with van der Waals surface area (Å²) >= 11 is 0. The van der Waals surface area contributed by atoms with Gasteiger partial charge in [-0.3, -0.25) is 4.79 Å². The van der Waals surface area contributed by atoms with Crippen molar-refractivity contribution in [2.24, 2.45) is 0 Å². The number of nitrogens with one attached hydrogen (secondary N) is 1. The van der Waals surface area contributed by atoms with Crippen molar-refractivity contribution in [1.82, 2.24) is 0 Å². The molecule has 0 saturated carbocycles. The van der Waals surface area contributed by atoms with E-state index < -0.39 is 5.97 Å². The Kier molecular flexibility index (Phi) is 8.34. The Bertz CT molecular complexity index is 803. The minimum Gasteiger partial charge on any atom is -0.490 e. The van der Waals surface area contributed by atoms with E-state index >= 15 is 0 Å². The van der Waals surface area contributed by atoms with Gasteiger partial charge in [-0.2, -0.15) is 0 Å². The fourth-order valence-electron chi connectivity index (χ4n) is 2.60. The second-order valence-corrected chi connectivity index (χ2v) is 6.26. The summed E-state index contributed by atoms with van der Waals surface area (Å²) in [6.45, 7) is 5.84. The maximum Gasteiger partial charge on any atom is 0.344 e. The van der Waals surface area contributed by atoms with Gasteiger partial charge in [0, 0.05) is 5.69 Å². The lowest BCUT2D eigenvalue weighted by Crippen LogP contribution is -2.24. The van der Waals surface area contributed by atoms with Crippen molar-refractivity contribution >= 4 is 17.6 Å². The molecular weight excluding hydrogens is 358 g/mol. The van der Waals surface area contributed by atoms with Gasteiger partial charge in [0.05, 0.1) is 6.61 Å². The topological polar surface area (TPSA) is 73.9 Å². The number of hydrogen-bond acceptors (Lipinski definition) is 5. The molecule has 0 saturated heterocycles. The first-order chi connectivity index (χ1) is 13.5. The number of amides is 1. The molecule has 0 radical (unpaired) electrons. The van der Waals surface area contributed by atoms with E-state index in [9.17, 15) is 9.59 Å². The van der Waals surface area contributed by atoms with Crippen LogP contribution >= 0.6 is 0 Å². The SMILES string of the molecule is CCCOc1ccccc1OCC(=O)OCC(=O)Nc1c(C)cccc1CC. The van der Waals surface area contributed by atoms with Crippen molar-refractivity contribution < 1.29 is 23.8 Å². The van der Waals surface area contributed by atoms with E-state index in [1.165, 1.54) is 0 Å². The number of anilines is 1. The molecule has 0 atom stereocenters. The molecule has 28 heavy (non-hydrogen) atoms. The smallest absolute Gasteiger partial charge is 0.344 e. The maximum absolute atomic E-state index is 12.1. The summed E-state index contributed by atoms with van der Waals surface area (Å²) < 4.78 is 16.1. The summed E-state index contributed by atoms with van der Waals surface area (Å²) in [6, 6.07) is 12.9. The zero-order chi connectivity index (χ0) is 20.4. The summed E-state index contributed by atoms with van der Waals surface area (Å²) in [5.74, 6) is 0.0244. The molecule has 0 aliphatic carbocycles. The van der Waals surface area contributed by atoms with Gasteiger partial charge in [0.15, 0.2) is 24.7 Å². The standard InChI is InChI=1S/C22H27NO5/c1-4-13-26-18-11-6-7-12-19(18)27-15-21(25)28-14-20(24)23-22-16(3)9-8-10-17(22)5-2/h6-12H,4-5,13-15H2,1-3H3,(H,23,24). The summed E-state index contributed by atoms with van der Waals surface area (Å²) in [5, 5.41) is 2.81. The minimum absolute atomic E-state index is 0.301. The van der Waals surface area contributed by atoms with Gasteiger partial charge < -0.3 is 19.5 Å². The number of hydrogen-bond donors (Lipinski definition) is 1. The zero-order valence-corrected chi connectivity index (χ0v) is 16.6. The molecule has 1 amide bonds. The highest BCUT2D eigenvalue weighted by molar-refractivity contribution is 5.94. The van der Waals surface area contributed by atoms with Crippen LogP contribution in [0.2, 0.25) is 0 Å². The van der Waals surface area contributed by atoms with Crippen molar-refractivity contribution in [3.05, 3.63) is 53.6 Å². The number of rotatable bonds is 10. The van der Waals surface area contributed by atoms with E-state index in [0.717, 1.165) is 29.7 Å². The quantitative estimate of drug-likeness (QED) is 0.628. The van der Waals surface area contributed by atoms with Crippen molar-refractivity contribution in [2.45, 2.75) is 33.6 Å². The molecule has 6 heteroatoms. The number of carbonyl (C=O) groups excluding carboxylic acids is 2. The number of ether oxygens (including phenoxy) is 3. The highest BCUT2D eigenvalue weighted by Crippen LogP contribution is 2.26. The molecule has 150 valence electrons. The first kappa shape index (κ1) is 21.3. The minimum atomic E-state index is -0.624. The predicted octanol–water partition coefficient (Wildman–Crippen LogP) is 3.91. The van der Waals surface area contributed by atoms with Crippen LogP contribution in [0.1, 0.15) is 31.4 Å². The second-order valence-electron chi connectivity index (χ2n) is 6.26. The number of carbonyl (C=O) groups is 2. The van der Waals surface area contributed by atoms with Gasteiger partial charge in [-0.05, 0) is 43.0 Å². The van der Waals surface area contributed by atoms with Crippen LogP contribution in [0.25, 0.3) is 0 Å². The highest BCUT2D eigenvalue weighted by Gasteiger charge is 2.13. The number of benzene rings is 2. The fourth-order valence-corrected chi connectivity index (χ4v) is 2.60. The van der Waals surface area contributed by atoms with Crippen LogP contribution in [0.4, 0.5) is 5.69 Å². The Morgan fingerprint density at radius 1 is 0.929 bits per heavy atom. The fraction of sp³-hybridized carbons (Fsp3) is 0.364. The Morgan fingerprint density at radius 2 is 1.64 bits per heavy atom. The van der Waals surface area contributed by atoms with Crippen LogP contribution < -0.4 is 14.8 Å². The van der Waals surface area contributed by atoms with Gasteiger partial charge in [-0.25, -0.2) is 4.79 Å². The van der Waals surface area contributed by atoms with Crippen LogP contribution in [0.5, 0.6) is 11.5 Å². The maximum atomic E-state index is 12.1. The van der Waals surface area contributed by atoms with Crippen LogP contribution in [0.15, 0.2) is 42.5 Å². The molecule has 0 aliphatic heterocycles. The number of esters is 1. The van der Waals surface area contributed by atoms with E-state index in [-0.39, 0.29) is 19.1 Å². The summed E-state index contributed by atoms with van der Waals surface area (Å²) in [7, 11) is 0. The Hall–Kier alpha value is -3.02. The van der Waals surface area contributed by atoms with Crippen molar-refractivity contribution in [2.75, 3.05) is 25.1 Å². The van der Waals surface area contributed by atoms with Gasteiger partial charge in [-0.1, -0.05) is 44.2 Å².